The molecule has 1 amide bonds. The highest BCUT2D eigenvalue weighted by atomic mass is 16.1. The molecule has 1 N–H and O–H groups in total. The number of piperazine rings is 1. The molecule has 2 aromatic carbocycles. The molecule has 1 fully saturated rings. The topological polar surface area (TPSA) is 48.5 Å². The second kappa shape index (κ2) is 12.8. The third kappa shape index (κ3) is 6.73. The summed E-state index contributed by atoms with van der Waals surface area (Å²) in [4.78, 5) is 21.4. The molecule has 5 nitrogen and oxygen atoms in total. The summed E-state index contributed by atoms with van der Waals surface area (Å²) in [6.45, 7) is 6.32. The van der Waals surface area contributed by atoms with Gasteiger partial charge in [-0.3, -0.25) is 14.7 Å². The van der Waals surface area contributed by atoms with E-state index < -0.39 is 0 Å². The van der Waals surface area contributed by atoms with Gasteiger partial charge in [0.1, 0.15) is 0 Å². The van der Waals surface area contributed by atoms with E-state index in [0.717, 1.165) is 70.5 Å². The van der Waals surface area contributed by atoms with E-state index in [1.165, 1.54) is 28.7 Å². The van der Waals surface area contributed by atoms with Crippen molar-refractivity contribution in [2.45, 2.75) is 38.1 Å². The van der Waals surface area contributed by atoms with E-state index in [-0.39, 0.29) is 5.91 Å². The van der Waals surface area contributed by atoms with E-state index in [1.54, 1.807) is 24.5 Å². The van der Waals surface area contributed by atoms with Gasteiger partial charge in [-0.05, 0) is 72.2 Å². The quantitative estimate of drug-likeness (QED) is 0.340. The Morgan fingerprint density at radius 1 is 0.865 bits per heavy atom. The normalized spacial score (nSPS) is 16.8. The van der Waals surface area contributed by atoms with E-state index >= 15 is 0 Å². The number of nitrogens with one attached hydrogen (secondary N) is 1. The van der Waals surface area contributed by atoms with E-state index in [2.05, 4.69) is 68.6 Å². The SMILES string of the molecule is O=C(/C=C\c1cccnc1)NCCCCCN1CCN(C2c3ccccc3CCc3ccccc32)CC1. The molecule has 0 unspecified atom stereocenters. The predicted octanol–water partition coefficient (Wildman–Crippen LogP) is 4.89. The van der Waals surface area contributed by atoms with Gasteiger partial charge in [-0.25, -0.2) is 0 Å². The summed E-state index contributed by atoms with van der Waals surface area (Å²) in [5.41, 5.74) is 6.94. The van der Waals surface area contributed by atoms with Crippen molar-refractivity contribution in [2.24, 2.45) is 0 Å². The third-order valence-corrected chi connectivity index (χ3v) is 7.70. The number of fused-ring (bicyclic) bond motifs is 2. The van der Waals surface area contributed by atoms with Gasteiger partial charge in [0.05, 0.1) is 6.04 Å². The summed E-state index contributed by atoms with van der Waals surface area (Å²) < 4.78 is 0. The number of unbranched alkanes of at least 4 members (excludes halogenated alkanes) is 2. The Morgan fingerprint density at radius 3 is 2.24 bits per heavy atom. The van der Waals surface area contributed by atoms with Crippen molar-refractivity contribution in [3.8, 4) is 0 Å². The maximum atomic E-state index is 12.0. The molecule has 5 rings (SSSR count). The number of aromatic nitrogens is 1. The highest BCUT2D eigenvalue weighted by molar-refractivity contribution is 5.91. The summed E-state index contributed by atoms with van der Waals surface area (Å²) in [5.74, 6) is -0.0402. The maximum absolute atomic E-state index is 12.0. The van der Waals surface area contributed by atoms with Crippen LogP contribution in [0.1, 0.15) is 53.1 Å². The van der Waals surface area contributed by atoms with Crippen molar-refractivity contribution in [2.75, 3.05) is 39.3 Å². The number of carbonyl (C=O) groups excluding carboxylic acids is 1. The Labute approximate surface area is 221 Å². The number of benzene rings is 2. The number of amides is 1. The standard InChI is InChI=1S/C32H38N4O/c37-31(17-14-26-9-8-18-33-25-26)34-19-6-1-7-20-35-21-23-36(24-22-35)32-29-12-4-2-10-27(29)15-16-28-11-3-5-13-30(28)32/h2-5,8-14,17-18,25,32H,1,6-7,15-16,19-24H2,(H,34,37)/b17-14-. The smallest absolute Gasteiger partial charge is 0.243 e. The molecule has 0 bridgehead atoms. The van der Waals surface area contributed by atoms with Crippen molar-refractivity contribution < 1.29 is 4.79 Å². The number of carbonyl (C=O) groups is 1. The molecular formula is C32H38N4O. The van der Waals surface area contributed by atoms with Crippen molar-refractivity contribution in [1.29, 1.82) is 0 Å². The molecule has 0 saturated carbocycles. The fourth-order valence-electron chi connectivity index (χ4n) is 5.69. The number of rotatable bonds is 9. The van der Waals surface area contributed by atoms with Crippen LogP contribution in [0.4, 0.5) is 0 Å². The summed E-state index contributed by atoms with van der Waals surface area (Å²) in [5, 5.41) is 2.99. The number of hydrogen-bond donors (Lipinski definition) is 1. The van der Waals surface area contributed by atoms with Gasteiger partial charge in [0.2, 0.25) is 5.91 Å². The first-order chi connectivity index (χ1) is 18.3. The van der Waals surface area contributed by atoms with E-state index in [1.807, 2.05) is 12.1 Å². The maximum Gasteiger partial charge on any atom is 0.243 e. The first kappa shape index (κ1) is 25.4. The van der Waals surface area contributed by atoms with Crippen molar-refractivity contribution in [1.82, 2.24) is 20.1 Å². The second-order valence-electron chi connectivity index (χ2n) is 10.1. The predicted molar refractivity (Wildman–Crippen MR) is 150 cm³/mol. The zero-order valence-electron chi connectivity index (χ0n) is 21.7. The Bertz CT molecular complexity index is 1140. The van der Waals surface area contributed by atoms with Gasteiger partial charge in [0.25, 0.3) is 0 Å². The number of hydrogen-bond acceptors (Lipinski definition) is 4. The molecule has 3 aromatic rings. The average Bonchev–Trinajstić information content (AvgIpc) is 3.12. The highest BCUT2D eigenvalue weighted by Crippen LogP contribution is 2.37. The number of pyridine rings is 1. The van der Waals surface area contributed by atoms with Gasteiger partial charge < -0.3 is 10.2 Å². The van der Waals surface area contributed by atoms with E-state index in [0.29, 0.717) is 6.04 Å². The molecule has 37 heavy (non-hydrogen) atoms. The molecule has 1 saturated heterocycles. The fourth-order valence-corrected chi connectivity index (χ4v) is 5.69. The Kier molecular flexibility index (Phi) is 8.78. The third-order valence-electron chi connectivity index (χ3n) is 7.70. The van der Waals surface area contributed by atoms with Crippen LogP contribution in [0.5, 0.6) is 0 Å². The zero-order valence-corrected chi connectivity index (χ0v) is 21.7. The van der Waals surface area contributed by atoms with Gasteiger partial charge in [0.15, 0.2) is 0 Å². The zero-order chi connectivity index (χ0) is 25.3. The Morgan fingerprint density at radius 2 is 1.57 bits per heavy atom. The lowest BCUT2D eigenvalue weighted by Gasteiger charge is -2.40. The van der Waals surface area contributed by atoms with E-state index in [9.17, 15) is 4.79 Å². The summed E-state index contributed by atoms with van der Waals surface area (Å²) in [6.07, 6.45) is 12.5. The molecule has 2 heterocycles. The molecule has 192 valence electrons. The van der Waals surface area contributed by atoms with E-state index in [4.69, 9.17) is 0 Å². The van der Waals surface area contributed by atoms with Crippen LogP contribution in [-0.2, 0) is 17.6 Å². The van der Waals surface area contributed by atoms with Crippen LogP contribution >= 0.6 is 0 Å². The van der Waals surface area contributed by atoms with Crippen LogP contribution in [0, 0.1) is 0 Å². The molecular weight excluding hydrogens is 456 g/mol. The lowest BCUT2D eigenvalue weighted by molar-refractivity contribution is -0.116. The van der Waals surface area contributed by atoms with Gasteiger partial charge in [-0.15, -0.1) is 0 Å². The lowest BCUT2D eigenvalue weighted by Crippen LogP contribution is -2.48. The van der Waals surface area contributed by atoms with Crippen molar-refractivity contribution in [3.05, 3.63) is 107 Å². The lowest BCUT2D eigenvalue weighted by atomic mass is 9.92. The molecule has 0 atom stereocenters. The fraction of sp³-hybridized carbons (Fsp3) is 0.375. The molecule has 1 aliphatic carbocycles. The van der Waals surface area contributed by atoms with Crippen LogP contribution in [0.2, 0.25) is 0 Å². The average molecular weight is 495 g/mol. The van der Waals surface area contributed by atoms with Crippen LogP contribution in [0.15, 0.2) is 79.1 Å². The van der Waals surface area contributed by atoms with Crippen LogP contribution in [-0.4, -0.2) is 60.0 Å². The van der Waals surface area contributed by atoms with Crippen LogP contribution < -0.4 is 5.32 Å². The highest BCUT2D eigenvalue weighted by Gasteiger charge is 2.30. The second-order valence-corrected chi connectivity index (χ2v) is 10.1. The largest absolute Gasteiger partial charge is 0.353 e. The molecule has 1 aromatic heterocycles. The minimum Gasteiger partial charge on any atom is -0.353 e. The minimum absolute atomic E-state index is 0.0402. The van der Waals surface area contributed by atoms with Crippen molar-refractivity contribution in [3.63, 3.8) is 0 Å². The Hall–Kier alpha value is -3.28. The van der Waals surface area contributed by atoms with Gasteiger partial charge in [-0.1, -0.05) is 61.0 Å². The molecule has 1 aliphatic heterocycles. The molecule has 2 aliphatic rings. The molecule has 0 radical (unpaired) electrons. The molecule has 0 spiro atoms. The monoisotopic (exact) mass is 494 g/mol. The minimum atomic E-state index is -0.0402. The summed E-state index contributed by atoms with van der Waals surface area (Å²) >= 11 is 0. The van der Waals surface area contributed by atoms with Crippen LogP contribution in [0.3, 0.4) is 0 Å². The summed E-state index contributed by atoms with van der Waals surface area (Å²) in [7, 11) is 0. The van der Waals surface area contributed by atoms with Gasteiger partial charge in [-0.2, -0.15) is 0 Å². The first-order valence-corrected chi connectivity index (χ1v) is 13.8. The van der Waals surface area contributed by atoms with Gasteiger partial charge >= 0.3 is 0 Å². The molecule has 5 heteroatoms. The number of nitrogens with zero attached hydrogens (tertiary/aromatic N) is 3. The Balaban J connectivity index is 1.05. The van der Waals surface area contributed by atoms with Crippen molar-refractivity contribution >= 4 is 12.0 Å². The summed E-state index contributed by atoms with van der Waals surface area (Å²) in [6, 6.07) is 22.3. The number of aryl methyl sites for hydroxylation is 2. The van der Waals surface area contributed by atoms with Crippen LogP contribution in [0.25, 0.3) is 6.08 Å². The first-order valence-electron chi connectivity index (χ1n) is 13.8. The van der Waals surface area contributed by atoms with Gasteiger partial charge in [0, 0.05) is 51.2 Å².